The second-order valence-corrected chi connectivity index (χ2v) is 5.52. The minimum atomic E-state index is -0.288. The van der Waals surface area contributed by atoms with E-state index >= 15 is 0 Å². The lowest BCUT2D eigenvalue weighted by atomic mass is 10.1. The summed E-state index contributed by atoms with van der Waals surface area (Å²) in [4.78, 5) is 0. The van der Waals surface area contributed by atoms with Crippen LogP contribution >= 0.6 is 11.6 Å². The fourth-order valence-corrected chi connectivity index (χ4v) is 2.70. The highest BCUT2D eigenvalue weighted by molar-refractivity contribution is 6.31. The Labute approximate surface area is 130 Å². The van der Waals surface area contributed by atoms with Crippen LogP contribution in [-0.2, 0) is 13.0 Å². The van der Waals surface area contributed by atoms with Crippen molar-refractivity contribution in [2.75, 3.05) is 13.1 Å². The van der Waals surface area contributed by atoms with Crippen LogP contribution in [0.4, 0.5) is 4.39 Å². The molecular weight excluding hydrogens is 289 g/mol. The number of rotatable bonds is 6. The van der Waals surface area contributed by atoms with Gasteiger partial charge in [-0.25, -0.2) is 4.39 Å². The fourth-order valence-electron chi connectivity index (χ4n) is 2.47. The molecule has 0 saturated carbocycles. The number of halogens is 2. The van der Waals surface area contributed by atoms with E-state index in [1.165, 1.54) is 11.6 Å². The van der Waals surface area contributed by atoms with Crippen molar-refractivity contribution in [1.29, 1.82) is 0 Å². The van der Waals surface area contributed by atoms with Crippen LogP contribution in [0.5, 0.6) is 0 Å². The van der Waals surface area contributed by atoms with E-state index in [1.807, 2.05) is 18.5 Å². The summed E-state index contributed by atoms with van der Waals surface area (Å²) in [6.07, 6.45) is 0.927. The van der Waals surface area contributed by atoms with Crippen molar-refractivity contribution >= 4 is 11.6 Å². The van der Waals surface area contributed by atoms with Crippen molar-refractivity contribution in [3.8, 4) is 0 Å². The van der Waals surface area contributed by atoms with Crippen LogP contribution < -0.4 is 5.32 Å². The van der Waals surface area contributed by atoms with Crippen LogP contribution in [0.2, 0.25) is 5.02 Å². The van der Waals surface area contributed by atoms with Gasteiger partial charge in [-0.15, -0.1) is 0 Å². The number of likely N-dealkylation sites (N-methyl/N-ethyl adjacent to an activating group) is 1. The molecule has 0 radical (unpaired) electrons. The summed E-state index contributed by atoms with van der Waals surface area (Å²) in [5.41, 5.74) is 3.79. The van der Waals surface area contributed by atoms with Gasteiger partial charge in [-0.2, -0.15) is 5.10 Å². The molecule has 2 aromatic rings. The molecule has 21 heavy (non-hydrogen) atoms. The molecule has 0 unspecified atom stereocenters. The highest BCUT2D eigenvalue weighted by atomic mass is 35.5. The van der Waals surface area contributed by atoms with Crippen LogP contribution in [0.1, 0.15) is 29.4 Å². The lowest BCUT2D eigenvalue weighted by Gasteiger charge is -2.09. The van der Waals surface area contributed by atoms with Gasteiger partial charge in [0.15, 0.2) is 0 Å². The molecule has 0 amide bonds. The number of aromatic nitrogens is 2. The maximum Gasteiger partial charge on any atom is 0.129 e. The average molecular weight is 310 g/mol. The maximum absolute atomic E-state index is 13.9. The van der Waals surface area contributed by atoms with Crippen molar-refractivity contribution in [2.45, 2.75) is 33.7 Å². The second-order valence-electron chi connectivity index (χ2n) is 5.11. The summed E-state index contributed by atoms with van der Waals surface area (Å²) < 4.78 is 15.7. The molecule has 114 valence electrons. The van der Waals surface area contributed by atoms with Crippen molar-refractivity contribution < 1.29 is 4.39 Å². The summed E-state index contributed by atoms with van der Waals surface area (Å²) in [5, 5.41) is 8.28. The second kappa shape index (κ2) is 7.05. The molecule has 0 aliphatic carbocycles. The first kappa shape index (κ1) is 16.0. The number of hydrogen-bond acceptors (Lipinski definition) is 2. The van der Waals surface area contributed by atoms with Crippen molar-refractivity contribution in [3.05, 3.63) is 51.6 Å². The molecule has 0 fully saturated rings. The van der Waals surface area contributed by atoms with Gasteiger partial charge in [-0.3, -0.25) is 4.68 Å². The number of aryl methyl sites for hydroxylation is 1. The van der Waals surface area contributed by atoms with Crippen LogP contribution in [-0.4, -0.2) is 22.9 Å². The molecule has 1 N–H and O–H groups in total. The van der Waals surface area contributed by atoms with Crippen LogP contribution in [0.25, 0.3) is 0 Å². The monoisotopic (exact) mass is 309 g/mol. The van der Waals surface area contributed by atoms with Crippen molar-refractivity contribution in [2.24, 2.45) is 0 Å². The highest BCUT2D eigenvalue weighted by Crippen LogP contribution is 2.22. The first-order valence-corrected chi connectivity index (χ1v) is 7.58. The Morgan fingerprint density at radius 3 is 2.71 bits per heavy atom. The van der Waals surface area contributed by atoms with Gasteiger partial charge in [0, 0.05) is 16.3 Å². The number of benzene rings is 1. The van der Waals surface area contributed by atoms with Gasteiger partial charge in [-0.05, 0) is 51.1 Å². The predicted molar refractivity (Wildman–Crippen MR) is 84.5 cm³/mol. The molecule has 0 aliphatic rings. The Morgan fingerprint density at radius 2 is 2.05 bits per heavy atom. The van der Waals surface area contributed by atoms with Gasteiger partial charge >= 0.3 is 0 Å². The first-order valence-electron chi connectivity index (χ1n) is 7.21. The molecule has 0 bridgehead atoms. The number of hydrogen-bond donors (Lipinski definition) is 1. The fraction of sp³-hybridized carbons (Fsp3) is 0.438. The summed E-state index contributed by atoms with van der Waals surface area (Å²) in [7, 11) is 0. The molecule has 1 aromatic carbocycles. The van der Waals surface area contributed by atoms with E-state index in [0.29, 0.717) is 17.1 Å². The van der Waals surface area contributed by atoms with Gasteiger partial charge in [-0.1, -0.05) is 24.6 Å². The standard InChI is InChI=1S/C16H21ClFN3/c1-4-19-9-8-13-11(2)20-21(12(13)3)10-14-15(17)6-5-7-16(14)18/h5-7,19H,4,8-10H2,1-3H3. The average Bonchev–Trinajstić information content (AvgIpc) is 2.70. The van der Waals surface area contributed by atoms with E-state index in [1.54, 1.807) is 12.1 Å². The molecule has 0 aliphatic heterocycles. The summed E-state index contributed by atoms with van der Waals surface area (Å²) in [6.45, 7) is 8.34. The van der Waals surface area contributed by atoms with Gasteiger partial charge in [0.05, 0.1) is 12.2 Å². The van der Waals surface area contributed by atoms with Gasteiger partial charge in [0.2, 0.25) is 0 Å². The predicted octanol–water partition coefficient (Wildman–Crippen LogP) is 3.49. The summed E-state index contributed by atoms with van der Waals surface area (Å²) >= 11 is 6.09. The SMILES string of the molecule is CCNCCc1c(C)nn(Cc2c(F)cccc2Cl)c1C. The van der Waals surface area contributed by atoms with E-state index in [9.17, 15) is 4.39 Å². The third-order valence-electron chi connectivity index (χ3n) is 3.70. The summed E-state index contributed by atoms with van der Waals surface area (Å²) in [6, 6.07) is 4.75. The lowest BCUT2D eigenvalue weighted by molar-refractivity contribution is 0.578. The minimum absolute atomic E-state index is 0.288. The lowest BCUT2D eigenvalue weighted by Crippen LogP contribution is -2.16. The Balaban J connectivity index is 2.23. The molecule has 1 heterocycles. The topological polar surface area (TPSA) is 29.9 Å². The molecule has 0 atom stereocenters. The Kier molecular flexibility index (Phi) is 5.37. The zero-order valence-electron chi connectivity index (χ0n) is 12.7. The van der Waals surface area contributed by atoms with E-state index in [4.69, 9.17) is 11.6 Å². The van der Waals surface area contributed by atoms with Gasteiger partial charge < -0.3 is 5.32 Å². The molecule has 1 aromatic heterocycles. The normalized spacial score (nSPS) is 11.1. The first-order chi connectivity index (χ1) is 10.0. The zero-order valence-corrected chi connectivity index (χ0v) is 13.5. The molecule has 0 saturated heterocycles. The zero-order chi connectivity index (χ0) is 15.4. The Morgan fingerprint density at radius 1 is 1.29 bits per heavy atom. The quantitative estimate of drug-likeness (QED) is 0.828. The highest BCUT2D eigenvalue weighted by Gasteiger charge is 2.14. The maximum atomic E-state index is 13.9. The van der Waals surface area contributed by atoms with Crippen LogP contribution in [0, 0.1) is 19.7 Å². The molecule has 0 spiro atoms. The summed E-state index contributed by atoms with van der Waals surface area (Å²) in [5.74, 6) is -0.288. The van der Waals surface area contributed by atoms with Crippen LogP contribution in [0.3, 0.4) is 0 Å². The van der Waals surface area contributed by atoms with Crippen molar-refractivity contribution in [1.82, 2.24) is 15.1 Å². The van der Waals surface area contributed by atoms with Gasteiger partial charge in [0.1, 0.15) is 5.82 Å². The van der Waals surface area contributed by atoms with E-state index in [-0.39, 0.29) is 5.82 Å². The Hall–Kier alpha value is -1.39. The molecular formula is C16H21ClFN3. The molecule has 3 nitrogen and oxygen atoms in total. The van der Waals surface area contributed by atoms with E-state index in [0.717, 1.165) is 30.9 Å². The number of nitrogens with zero attached hydrogens (tertiary/aromatic N) is 2. The minimum Gasteiger partial charge on any atom is -0.317 e. The van der Waals surface area contributed by atoms with E-state index in [2.05, 4.69) is 17.3 Å². The Bertz CT molecular complexity index is 602. The van der Waals surface area contributed by atoms with Crippen molar-refractivity contribution in [3.63, 3.8) is 0 Å². The largest absolute Gasteiger partial charge is 0.317 e. The van der Waals surface area contributed by atoms with E-state index < -0.39 is 0 Å². The smallest absolute Gasteiger partial charge is 0.129 e. The third kappa shape index (κ3) is 3.63. The molecule has 2 rings (SSSR count). The third-order valence-corrected chi connectivity index (χ3v) is 4.06. The number of nitrogens with one attached hydrogen (secondary N) is 1. The van der Waals surface area contributed by atoms with Crippen LogP contribution in [0.15, 0.2) is 18.2 Å². The molecule has 5 heteroatoms. The van der Waals surface area contributed by atoms with Gasteiger partial charge in [0.25, 0.3) is 0 Å².